The number of amides is 2. The molecule has 1 aliphatic heterocycles. The minimum atomic E-state index is -0.0409. The summed E-state index contributed by atoms with van der Waals surface area (Å²) >= 11 is 0. The number of piperidine rings is 1. The molecule has 1 heterocycles. The van der Waals surface area contributed by atoms with Crippen molar-refractivity contribution in [3.63, 3.8) is 0 Å². The molecule has 1 aliphatic rings. The lowest BCUT2D eigenvalue weighted by molar-refractivity contribution is 0.0857. The van der Waals surface area contributed by atoms with Crippen LogP contribution in [0.4, 0.5) is 10.5 Å². The first-order chi connectivity index (χ1) is 12.6. The van der Waals surface area contributed by atoms with Crippen LogP contribution in [0.2, 0.25) is 0 Å². The van der Waals surface area contributed by atoms with Crippen molar-refractivity contribution in [2.75, 3.05) is 32.1 Å². The molecule has 136 valence electrons. The van der Waals surface area contributed by atoms with E-state index in [0.717, 1.165) is 17.0 Å². The summed E-state index contributed by atoms with van der Waals surface area (Å²) in [6.45, 7) is 1.20. The van der Waals surface area contributed by atoms with Crippen molar-refractivity contribution in [2.45, 2.75) is 12.8 Å². The standard InChI is InChI=1S/C21H24N2O3/c1-22(18-8-10-19(26-2)11-9-18)21(25)23-14-12-17(13-15-23)20(24)16-6-4-3-5-7-16/h3-11,17H,12-15H2,1-2H3. The number of hydrogen-bond donors (Lipinski definition) is 0. The van der Waals surface area contributed by atoms with Crippen LogP contribution in [0.25, 0.3) is 0 Å². The monoisotopic (exact) mass is 352 g/mol. The lowest BCUT2D eigenvalue weighted by atomic mass is 9.89. The summed E-state index contributed by atoms with van der Waals surface area (Å²) in [6, 6.07) is 16.8. The number of urea groups is 1. The molecule has 2 aromatic rings. The minimum Gasteiger partial charge on any atom is -0.497 e. The Labute approximate surface area is 154 Å². The SMILES string of the molecule is COc1ccc(N(C)C(=O)N2CCC(C(=O)c3ccccc3)CC2)cc1. The summed E-state index contributed by atoms with van der Waals surface area (Å²) in [5.74, 6) is 0.934. The van der Waals surface area contributed by atoms with Crippen LogP contribution in [0.1, 0.15) is 23.2 Å². The number of nitrogens with zero attached hydrogens (tertiary/aromatic N) is 2. The predicted octanol–water partition coefficient (Wildman–Crippen LogP) is 3.85. The molecule has 2 aromatic carbocycles. The number of hydrogen-bond acceptors (Lipinski definition) is 3. The molecule has 0 unspecified atom stereocenters. The summed E-state index contributed by atoms with van der Waals surface area (Å²) in [5, 5.41) is 0. The van der Waals surface area contributed by atoms with Gasteiger partial charge in [-0.15, -0.1) is 0 Å². The number of ether oxygens (including phenoxy) is 1. The summed E-state index contributed by atoms with van der Waals surface area (Å²) in [7, 11) is 3.39. The molecule has 0 radical (unpaired) electrons. The third kappa shape index (κ3) is 3.87. The maximum atomic E-state index is 12.7. The summed E-state index contributed by atoms with van der Waals surface area (Å²) < 4.78 is 5.15. The van der Waals surface area contributed by atoms with Crippen molar-refractivity contribution in [2.24, 2.45) is 5.92 Å². The van der Waals surface area contributed by atoms with Gasteiger partial charge in [0.25, 0.3) is 0 Å². The zero-order valence-electron chi connectivity index (χ0n) is 15.2. The molecule has 1 fully saturated rings. The fourth-order valence-electron chi connectivity index (χ4n) is 3.30. The van der Waals surface area contributed by atoms with Gasteiger partial charge in [0.2, 0.25) is 0 Å². The zero-order valence-corrected chi connectivity index (χ0v) is 15.2. The number of Topliss-reactive ketones (excluding diaryl/α,β-unsaturated/α-hetero) is 1. The Morgan fingerprint density at radius 1 is 1.00 bits per heavy atom. The zero-order chi connectivity index (χ0) is 18.5. The summed E-state index contributed by atoms with van der Waals surface area (Å²) in [5.41, 5.74) is 1.57. The Kier molecular flexibility index (Phi) is 5.56. The Bertz CT molecular complexity index is 751. The van der Waals surface area contributed by atoms with Crippen LogP contribution >= 0.6 is 0 Å². The van der Waals surface area contributed by atoms with E-state index >= 15 is 0 Å². The van der Waals surface area contributed by atoms with Crippen LogP contribution in [0, 0.1) is 5.92 Å². The summed E-state index contributed by atoms with van der Waals surface area (Å²) in [4.78, 5) is 28.8. The van der Waals surface area contributed by atoms with Gasteiger partial charge < -0.3 is 9.64 Å². The van der Waals surface area contributed by atoms with Crippen LogP contribution in [-0.2, 0) is 0 Å². The third-order valence-corrected chi connectivity index (χ3v) is 4.94. The maximum Gasteiger partial charge on any atom is 0.324 e. The van der Waals surface area contributed by atoms with Gasteiger partial charge in [0.15, 0.2) is 5.78 Å². The Balaban J connectivity index is 1.58. The van der Waals surface area contributed by atoms with Crippen LogP contribution in [0.5, 0.6) is 5.75 Å². The topological polar surface area (TPSA) is 49.9 Å². The van der Waals surface area contributed by atoms with E-state index in [2.05, 4.69) is 0 Å². The van der Waals surface area contributed by atoms with E-state index < -0.39 is 0 Å². The highest BCUT2D eigenvalue weighted by molar-refractivity contribution is 5.98. The molecule has 26 heavy (non-hydrogen) atoms. The lowest BCUT2D eigenvalue weighted by Crippen LogP contribution is -2.46. The molecule has 5 heteroatoms. The molecule has 0 aliphatic carbocycles. The van der Waals surface area contributed by atoms with Crippen molar-refractivity contribution in [1.82, 2.24) is 4.90 Å². The maximum absolute atomic E-state index is 12.7. The number of carbonyl (C=O) groups excluding carboxylic acids is 2. The molecule has 2 amide bonds. The van der Waals surface area contributed by atoms with Gasteiger partial charge in [0.05, 0.1) is 7.11 Å². The van der Waals surface area contributed by atoms with E-state index in [1.807, 2.05) is 59.5 Å². The molecule has 0 aromatic heterocycles. The molecular weight excluding hydrogens is 328 g/mol. The molecule has 0 saturated carbocycles. The number of benzene rings is 2. The lowest BCUT2D eigenvalue weighted by Gasteiger charge is -2.34. The van der Waals surface area contributed by atoms with Crippen molar-refractivity contribution in [1.29, 1.82) is 0 Å². The molecule has 0 atom stereocenters. The van der Waals surface area contributed by atoms with E-state index in [9.17, 15) is 9.59 Å². The first-order valence-corrected chi connectivity index (χ1v) is 8.86. The van der Waals surface area contributed by atoms with E-state index in [1.165, 1.54) is 0 Å². The number of carbonyl (C=O) groups is 2. The highest BCUT2D eigenvalue weighted by Gasteiger charge is 2.29. The highest BCUT2D eigenvalue weighted by atomic mass is 16.5. The Morgan fingerprint density at radius 2 is 1.62 bits per heavy atom. The van der Waals surface area contributed by atoms with Gasteiger partial charge >= 0.3 is 6.03 Å². The van der Waals surface area contributed by atoms with Gasteiger partial charge in [-0.3, -0.25) is 9.69 Å². The molecule has 1 saturated heterocycles. The van der Waals surface area contributed by atoms with E-state index in [4.69, 9.17) is 4.74 Å². The van der Waals surface area contributed by atoms with Crippen LogP contribution in [0.15, 0.2) is 54.6 Å². The second-order valence-electron chi connectivity index (χ2n) is 6.53. The number of ketones is 1. The number of methoxy groups -OCH3 is 1. The van der Waals surface area contributed by atoms with Gasteiger partial charge in [-0.2, -0.15) is 0 Å². The van der Waals surface area contributed by atoms with Gasteiger partial charge in [-0.1, -0.05) is 30.3 Å². The van der Waals surface area contributed by atoms with Crippen LogP contribution in [0.3, 0.4) is 0 Å². The second-order valence-corrected chi connectivity index (χ2v) is 6.53. The first kappa shape index (κ1) is 18.0. The average molecular weight is 352 g/mol. The van der Waals surface area contributed by atoms with E-state index in [0.29, 0.717) is 25.9 Å². The predicted molar refractivity (Wildman–Crippen MR) is 102 cm³/mol. The van der Waals surface area contributed by atoms with Gasteiger partial charge in [0.1, 0.15) is 5.75 Å². The Morgan fingerprint density at radius 3 is 2.19 bits per heavy atom. The molecule has 0 spiro atoms. The third-order valence-electron chi connectivity index (χ3n) is 4.94. The largest absolute Gasteiger partial charge is 0.497 e. The van der Waals surface area contributed by atoms with E-state index in [-0.39, 0.29) is 17.7 Å². The number of likely N-dealkylation sites (tertiary alicyclic amines) is 1. The average Bonchev–Trinajstić information content (AvgIpc) is 2.73. The second kappa shape index (κ2) is 8.04. The quantitative estimate of drug-likeness (QED) is 0.786. The molecular formula is C21H24N2O3. The van der Waals surface area contributed by atoms with Gasteiger partial charge in [-0.05, 0) is 37.1 Å². The first-order valence-electron chi connectivity index (χ1n) is 8.86. The summed E-state index contributed by atoms with van der Waals surface area (Å²) in [6.07, 6.45) is 1.41. The van der Waals surface area contributed by atoms with Crippen molar-refractivity contribution in [3.05, 3.63) is 60.2 Å². The van der Waals surface area contributed by atoms with Crippen molar-refractivity contribution < 1.29 is 14.3 Å². The normalized spacial score (nSPS) is 14.8. The fourth-order valence-corrected chi connectivity index (χ4v) is 3.30. The minimum absolute atomic E-state index is 0.00672. The smallest absolute Gasteiger partial charge is 0.324 e. The number of anilines is 1. The highest BCUT2D eigenvalue weighted by Crippen LogP contribution is 2.24. The molecule has 0 N–H and O–H groups in total. The molecule has 0 bridgehead atoms. The van der Waals surface area contributed by atoms with Crippen LogP contribution < -0.4 is 9.64 Å². The number of rotatable bonds is 4. The molecule has 3 rings (SSSR count). The van der Waals surface area contributed by atoms with Crippen LogP contribution in [-0.4, -0.2) is 44.0 Å². The van der Waals surface area contributed by atoms with Gasteiger partial charge in [-0.25, -0.2) is 4.79 Å². The van der Waals surface area contributed by atoms with Gasteiger partial charge in [0, 0.05) is 37.3 Å². The van der Waals surface area contributed by atoms with E-state index in [1.54, 1.807) is 19.1 Å². The molecule has 5 nitrogen and oxygen atoms in total. The van der Waals surface area contributed by atoms with Crippen molar-refractivity contribution in [3.8, 4) is 5.75 Å². The fraction of sp³-hybridized carbons (Fsp3) is 0.333. The van der Waals surface area contributed by atoms with Crippen molar-refractivity contribution >= 4 is 17.5 Å². The Hall–Kier alpha value is -2.82.